The summed E-state index contributed by atoms with van der Waals surface area (Å²) in [6, 6.07) is 3.73. The number of hydrogen-bond acceptors (Lipinski definition) is 3. The Balaban J connectivity index is 2.84. The molecule has 0 saturated heterocycles. The molecule has 1 rings (SSSR count). The molecule has 0 saturated carbocycles. The van der Waals surface area contributed by atoms with Crippen molar-refractivity contribution in [1.82, 2.24) is 0 Å². The van der Waals surface area contributed by atoms with E-state index in [-0.39, 0.29) is 0 Å². The van der Waals surface area contributed by atoms with Gasteiger partial charge < -0.3 is 4.42 Å². The van der Waals surface area contributed by atoms with Crippen LogP contribution in [0.1, 0.15) is 26.5 Å². The highest BCUT2D eigenvalue weighted by atomic mass is 16.6. The van der Waals surface area contributed by atoms with E-state index in [9.17, 15) is 0 Å². The van der Waals surface area contributed by atoms with Gasteiger partial charge in [-0.3, -0.25) is 4.84 Å². The second kappa shape index (κ2) is 3.77. The molecule has 1 heterocycles. The quantitative estimate of drug-likeness (QED) is 0.728. The summed E-state index contributed by atoms with van der Waals surface area (Å²) in [5.41, 5.74) is 0.567. The Kier molecular flexibility index (Phi) is 2.90. The van der Waals surface area contributed by atoms with E-state index in [1.807, 2.05) is 39.0 Å². The first-order valence-corrected chi connectivity index (χ1v) is 4.16. The molecule has 13 heavy (non-hydrogen) atoms. The molecule has 1 aromatic rings. The van der Waals surface area contributed by atoms with Crippen LogP contribution in [0.5, 0.6) is 0 Å². The fourth-order valence-electron chi connectivity index (χ4n) is 0.854. The summed E-state index contributed by atoms with van der Waals surface area (Å²) in [4.78, 5) is 4.84. The molecule has 72 valence electrons. The molecule has 0 aromatic carbocycles. The van der Waals surface area contributed by atoms with E-state index >= 15 is 0 Å². The van der Waals surface area contributed by atoms with Crippen molar-refractivity contribution >= 4 is 6.08 Å². The fourth-order valence-corrected chi connectivity index (χ4v) is 0.854. The maximum absolute atomic E-state index is 5.17. The van der Waals surface area contributed by atoms with Crippen LogP contribution < -0.4 is 5.90 Å². The van der Waals surface area contributed by atoms with E-state index in [1.54, 1.807) is 6.26 Å². The van der Waals surface area contributed by atoms with Crippen molar-refractivity contribution < 1.29 is 9.25 Å². The minimum Gasteiger partial charge on any atom is -0.465 e. The van der Waals surface area contributed by atoms with Crippen molar-refractivity contribution in [3.05, 3.63) is 29.7 Å². The van der Waals surface area contributed by atoms with Gasteiger partial charge in [-0.25, -0.2) is 5.90 Å². The highest BCUT2D eigenvalue weighted by Crippen LogP contribution is 2.20. The molecule has 0 bridgehead atoms. The molecular weight excluding hydrogens is 166 g/mol. The molecule has 0 amide bonds. The minimum atomic E-state index is -0.452. The zero-order valence-corrected chi connectivity index (χ0v) is 8.20. The van der Waals surface area contributed by atoms with Crippen LogP contribution in [0.25, 0.3) is 6.08 Å². The van der Waals surface area contributed by atoms with Crippen LogP contribution in [0, 0.1) is 0 Å². The van der Waals surface area contributed by atoms with Gasteiger partial charge in [-0.15, -0.1) is 0 Å². The van der Waals surface area contributed by atoms with Crippen molar-refractivity contribution in [2.24, 2.45) is 5.90 Å². The summed E-state index contributed by atoms with van der Waals surface area (Å²) in [5.74, 6) is 5.97. The van der Waals surface area contributed by atoms with Crippen molar-refractivity contribution in [2.45, 2.75) is 26.4 Å². The molecule has 3 heteroatoms. The first kappa shape index (κ1) is 10.0. The predicted octanol–water partition coefficient (Wildman–Crippen LogP) is 2.35. The normalized spacial score (nSPS) is 13.4. The Morgan fingerprint density at radius 2 is 2.31 bits per heavy atom. The lowest BCUT2D eigenvalue weighted by atomic mass is 9.99. The van der Waals surface area contributed by atoms with Crippen molar-refractivity contribution in [3.8, 4) is 0 Å². The Morgan fingerprint density at radius 1 is 1.62 bits per heavy atom. The van der Waals surface area contributed by atoms with Crippen molar-refractivity contribution in [2.75, 3.05) is 0 Å². The van der Waals surface area contributed by atoms with Crippen LogP contribution in [0.15, 0.2) is 28.4 Å². The first-order chi connectivity index (χ1) is 6.06. The summed E-state index contributed by atoms with van der Waals surface area (Å²) >= 11 is 0. The van der Waals surface area contributed by atoms with E-state index < -0.39 is 5.60 Å². The Labute approximate surface area is 78.1 Å². The molecule has 0 unspecified atom stereocenters. The van der Waals surface area contributed by atoms with E-state index in [0.717, 1.165) is 11.3 Å². The highest BCUT2D eigenvalue weighted by molar-refractivity contribution is 5.48. The topological polar surface area (TPSA) is 48.4 Å². The molecule has 0 aliphatic carbocycles. The van der Waals surface area contributed by atoms with Gasteiger partial charge in [0.05, 0.1) is 6.26 Å². The summed E-state index contributed by atoms with van der Waals surface area (Å²) in [6.07, 6.45) is 3.54. The molecular formula is C10H15NO2. The number of hydrogen-bond donors (Lipinski definition) is 1. The third-order valence-electron chi connectivity index (χ3n) is 2.15. The smallest absolute Gasteiger partial charge is 0.126 e. The SMILES string of the molecule is C/C(=C\c1ccco1)C(C)(C)ON. The van der Waals surface area contributed by atoms with E-state index in [4.69, 9.17) is 15.2 Å². The van der Waals surface area contributed by atoms with Crippen molar-refractivity contribution in [3.63, 3.8) is 0 Å². The van der Waals surface area contributed by atoms with Crippen LogP contribution in [0.4, 0.5) is 0 Å². The van der Waals surface area contributed by atoms with Gasteiger partial charge in [0.15, 0.2) is 0 Å². The molecule has 2 N–H and O–H groups in total. The van der Waals surface area contributed by atoms with E-state index in [0.29, 0.717) is 0 Å². The number of nitrogens with two attached hydrogens (primary N) is 1. The zero-order chi connectivity index (χ0) is 9.90. The monoisotopic (exact) mass is 181 g/mol. The molecule has 3 nitrogen and oxygen atoms in total. The van der Waals surface area contributed by atoms with Gasteiger partial charge in [0, 0.05) is 0 Å². The summed E-state index contributed by atoms with van der Waals surface area (Å²) < 4.78 is 5.17. The van der Waals surface area contributed by atoms with Crippen LogP contribution in [0.2, 0.25) is 0 Å². The maximum Gasteiger partial charge on any atom is 0.126 e. The van der Waals surface area contributed by atoms with Gasteiger partial charge in [-0.2, -0.15) is 0 Å². The highest BCUT2D eigenvalue weighted by Gasteiger charge is 2.19. The van der Waals surface area contributed by atoms with Gasteiger partial charge in [-0.05, 0) is 44.6 Å². The summed E-state index contributed by atoms with van der Waals surface area (Å²) in [5, 5.41) is 0. The van der Waals surface area contributed by atoms with Crippen LogP contribution in [0.3, 0.4) is 0 Å². The molecule has 0 spiro atoms. The third kappa shape index (κ3) is 2.44. The second-order valence-corrected chi connectivity index (χ2v) is 3.47. The van der Waals surface area contributed by atoms with E-state index in [1.165, 1.54) is 0 Å². The largest absolute Gasteiger partial charge is 0.465 e. The lowest BCUT2D eigenvalue weighted by molar-refractivity contribution is 0.0104. The van der Waals surface area contributed by atoms with Gasteiger partial charge in [0.1, 0.15) is 11.4 Å². The summed E-state index contributed by atoms with van der Waals surface area (Å²) in [7, 11) is 0. The molecule has 1 aromatic heterocycles. The Hall–Kier alpha value is -1.06. The molecule has 0 atom stereocenters. The Bertz CT molecular complexity index is 286. The molecule has 0 aliphatic heterocycles. The number of furan rings is 1. The standard InChI is InChI=1S/C10H15NO2/c1-8(10(2,3)13-11)7-9-5-4-6-12-9/h4-7H,11H2,1-3H3/b8-7+. The first-order valence-electron chi connectivity index (χ1n) is 4.16. The Morgan fingerprint density at radius 3 is 2.77 bits per heavy atom. The van der Waals surface area contributed by atoms with Gasteiger partial charge in [0.2, 0.25) is 0 Å². The van der Waals surface area contributed by atoms with Crippen LogP contribution >= 0.6 is 0 Å². The average Bonchev–Trinajstić information content (AvgIpc) is 2.57. The zero-order valence-electron chi connectivity index (χ0n) is 8.20. The van der Waals surface area contributed by atoms with Gasteiger partial charge in [-0.1, -0.05) is 0 Å². The third-order valence-corrected chi connectivity index (χ3v) is 2.15. The van der Waals surface area contributed by atoms with Gasteiger partial charge >= 0.3 is 0 Å². The van der Waals surface area contributed by atoms with Crippen LogP contribution in [-0.2, 0) is 4.84 Å². The average molecular weight is 181 g/mol. The van der Waals surface area contributed by atoms with Crippen LogP contribution in [-0.4, -0.2) is 5.60 Å². The lowest BCUT2D eigenvalue weighted by Gasteiger charge is -2.22. The van der Waals surface area contributed by atoms with Gasteiger partial charge in [0.25, 0.3) is 0 Å². The lowest BCUT2D eigenvalue weighted by Crippen LogP contribution is -2.29. The predicted molar refractivity (Wildman–Crippen MR) is 51.7 cm³/mol. The maximum atomic E-state index is 5.17. The molecule has 0 fully saturated rings. The van der Waals surface area contributed by atoms with E-state index in [2.05, 4.69) is 0 Å². The second-order valence-electron chi connectivity index (χ2n) is 3.47. The minimum absolute atomic E-state index is 0.452. The van der Waals surface area contributed by atoms with Crippen molar-refractivity contribution in [1.29, 1.82) is 0 Å². The fraction of sp³-hybridized carbons (Fsp3) is 0.400. The summed E-state index contributed by atoms with van der Waals surface area (Å²) in [6.45, 7) is 5.76. The number of rotatable bonds is 3. The molecule has 0 radical (unpaired) electrons. The molecule has 0 aliphatic rings.